The number of aromatic nitrogens is 1. The number of aryl methyl sites for hydroxylation is 1. The van der Waals surface area contributed by atoms with Gasteiger partial charge in [-0.05, 0) is 80.4 Å². The largest absolute Gasteiger partial charge is 0.472 e. The number of ether oxygens (including phenoxy) is 2. The average Bonchev–Trinajstić information content (AvgIpc) is 3.99. The summed E-state index contributed by atoms with van der Waals surface area (Å²) in [5.41, 5.74) is -0.347. The van der Waals surface area contributed by atoms with E-state index in [1.807, 2.05) is 12.1 Å². The highest BCUT2D eigenvalue weighted by Crippen LogP contribution is 2.46. The standard InChI is InChI=1S/C38H48N4O8S/c1-2-27-22-38(27,37(46)41-51(47,48)29-14-15-29)40-34(44)32-20-28-23-42(32)36(45)31(25-10-6-7-11-25)21-33(43)49-18-8-4-3-5-9-24-12-13-26-16-17-39-35(50-28)30(26)19-24/h2,12-13,16-17,19,25,27-29,31-32H,1,3-11,14-15,18,20-23H2,(H,40,44)(H,41,46)/t27-,28-,31+,32+,38-/m1/s1. The van der Waals surface area contributed by atoms with Crippen LogP contribution in [0.15, 0.2) is 43.1 Å². The number of amides is 3. The second-order valence-electron chi connectivity index (χ2n) is 15.1. The van der Waals surface area contributed by atoms with Crippen LogP contribution in [-0.4, -0.2) is 78.1 Å². The third kappa shape index (κ3) is 7.64. The fourth-order valence-electron chi connectivity index (χ4n) is 8.23. The molecule has 274 valence electrons. The summed E-state index contributed by atoms with van der Waals surface area (Å²) in [5, 5.41) is 4.05. The molecular formula is C38H48N4O8S. The number of hydrogen-bond donors (Lipinski definition) is 2. The minimum absolute atomic E-state index is 0.0284. The molecule has 7 rings (SSSR count). The van der Waals surface area contributed by atoms with Gasteiger partial charge in [-0.1, -0.05) is 43.9 Å². The maximum atomic E-state index is 14.6. The van der Waals surface area contributed by atoms with Crippen molar-refractivity contribution in [3.05, 3.63) is 48.7 Å². The Morgan fingerprint density at radius 1 is 1.02 bits per heavy atom. The van der Waals surface area contributed by atoms with Gasteiger partial charge in [0.1, 0.15) is 17.7 Å². The summed E-state index contributed by atoms with van der Waals surface area (Å²) in [5.74, 6) is -2.88. The molecular weight excluding hydrogens is 673 g/mol. The molecule has 0 radical (unpaired) electrons. The van der Waals surface area contributed by atoms with Crippen LogP contribution in [0.3, 0.4) is 0 Å². The van der Waals surface area contributed by atoms with Gasteiger partial charge >= 0.3 is 5.97 Å². The van der Waals surface area contributed by atoms with Gasteiger partial charge in [0.25, 0.3) is 5.91 Å². The SMILES string of the molecule is C=C[C@@H]1C[C@]1(NC(=O)[C@@H]1C[C@@H]2CN1C(=O)[C@H](C1CCCC1)CC(=O)OCCCCCCc1ccc3ccnc(c3c1)O2)C(=O)NS(=O)(=O)C1CC1. The molecule has 1 saturated heterocycles. The molecule has 0 unspecified atom stereocenters. The zero-order valence-electron chi connectivity index (χ0n) is 29.0. The highest BCUT2D eigenvalue weighted by molar-refractivity contribution is 7.91. The lowest BCUT2D eigenvalue weighted by atomic mass is 9.86. The van der Waals surface area contributed by atoms with Gasteiger partial charge < -0.3 is 19.7 Å². The van der Waals surface area contributed by atoms with Gasteiger partial charge in [0.05, 0.1) is 30.7 Å². The van der Waals surface area contributed by atoms with Gasteiger partial charge in [0.15, 0.2) is 0 Å². The number of carbonyl (C=O) groups is 4. The first kappa shape index (κ1) is 35.4. The van der Waals surface area contributed by atoms with Crippen LogP contribution in [0.2, 0.25) is 0 Å². The molecule has 2 aromatic rings. The van der Waals surface area contributed by atoms with E-state index in [9.17, 15) is 27.6 Å². The van der Waals surface area contributed by atoms with Gasteiger partial charge in [0, 0.05) is 23.9 Å². The molecule has 51 heavy (non-hydrogen) atoms. The number of nitrogens with one attached hydrogen (secondary N) is 2. The van der Waals surface area contributed by atoms with Gasteiger partial charge in [-0.25, -0.2) is 13.4 Å². The number of esters is 1. The topological polar surface area (TPSA) is 161 Å². The Balaban J connectivity index is 1.20. The number of cyclic esters (lactones) is 1. The number of rotatable bonds is 7. The van der Waals surface area contributed by atoms with Crippen molar-refractivity contribution in [3.8, 4) is 5.88 Å². The van der Waals surface area contributed by atoms with Crippen molar-refractivity contribution in [1.82, 2.24) is 19.9 Å². The summed E-state index contributed by atoms with van der Waals surface area (Å²) in [6, 6.07) is 7.13. The number of benzene rings is 1. The molecule has 4 fully saturated rings. The molecule has 12 nitrogen and oxygen atoms in total. The Morgan fingerprint density at radius 2 is 1.80 bits per heavy atom. The van der Waals surface area contributed by atoms with E-state index in [0.29, 0.717) is 25.3 Å². The molecule has 0 spiro atoms. The maximum absolute atomic E-state index is 14.6. The molecule has 3 aliphatic carbocycles. The second kappa shape index (κ2) is 14.6. The molecule has 3 heterocycles. The van der Waals surface area contributed by atoms with E-state index < -0.39 is 62.6 Å². The zero-order chi connectivity index (χ0) is 35.8. The van der Waals surface area contributed by atoms with E-state index in [1.165, 1.54) is 11.0 Å². The summed E-state index contributed by atoms with van der Waals surface area (Å²) in [7, 11) is -3.86. The van der Waals surface area contributed by atoms with E-state index in [0.717, 1.165) is 74.1 Å². The Bertz CT molecular complexity index is 1810. The van der Waals surface area contributed by atoms with E-state index in [4.69, 9.17) is 9.47 Å². The van der Waals surface area contributed by atoms with Crippen LogP contribution in [0.25, 0.3) is 10.8 Å². The summed E-state index contributed by atoms with van der Waals surface area (Å²) in [4.78, 5) is 61.6. The quantitative estimate of drug-likeness (QED) is 0.317. The lowest BCUT2D eigenvalue weighted by Gasteiger charge is -2.31. The van der Waals surface area contributed by atoms with E-state index in [1.54, 1.807) is 6.20 Å². The number of sulfonamides is 1. The molecule has 2 N–H and O–H groups in total. The van der Waals surface area contributed by atoms with Crippen LogP contribution in [0, 0.1) is 17.8 Å². The van der Waals surface area contributed by atoms with Gasteiger partial charge in [-0.15, -0.1) is 6.58 Å². The summed E-state index contributed by atoms with van der Waals surface area (Å²) >= 11 is 0. The Labute approximate surface area is 299 Å². The second-order valence-corrected chi connectivity index (χ2v) is 17.0. The minimum Gasteiger partial charge on any atom is -0.472 e. The Hall–Kier alpha value is -4.00. The molecule has 4 bridgehead atoms. The lowest BCUT2D eigenvalue weighted by molar-refractivity contribution is -0.152. The van der Waals surface area contributed by atoms with Gasteiger partial charge in [-0.2, -0.15) is 0 Å². The van der Waals surface area contributed by atoms with Crippen LogP contribution >= 0.6 is 0 Å². The third-order valence-corrected chi connectivity index (χ3v) is 13.3. The summed E-state index contributed by atoms with van der Waals surface area (Å²) in [6.07, 6.45) is 11.9. The van der Waals surface area contributed by atoms with Crippen molar-refractivity contribution in [1.29, 1.82) is 0 Å². The van der Waals surface area contributed by atoms with Crippen molar-refractivity contribution in [3.63, 3.8) is 0 Å². The molecule has 3 saturated carbocycles. The number of nitrogens with zero attached hydrogens (tertiary/aromatic N) is 2. The number of carbonyl (C=O) groups excluding carboxylic acids is 4. The molecule has 1 aromatic carbocycles. The predicted molar refractivity (Wildman–Crippen MR) is 189 cm³/mol. The van der Waals surface area contributed by atoms with Crippen LogP contribution in [-0.2, 0) is 40.4 Å². The van der Waals surface area contributed by atoms with Crippen LogP contribution in [0.5, 0.6) is 5.88 Å². The van der Waals surface area contributed by atoms with Crippen molar-refractivity contribution in [2.75, 3.05) is 13.2 Å². The monoisotopic (exact) mass is 720 g/mol. The Morgan fingerprint density at radius 3 is 2.55 bits per heavy atom. The van der Waals surface area contributed by atoms with Crippen molar-refractivity contribution in [2.24, 2.45) is 17.8 Å². The fourth-order valence-corrected chi connectivity index (χ4v) is 9.59. The van der Waals surface area contributed by atoms with Crippen LogP contribution in [0.1, 0.15) is 89.0 Å². The summed E-state index contributed by atoms with van der Waals surface area (Å²) in [6.45, 7) is 4.17. The van der Waals surface area contributed by atoms with E-state index >= 15 is 0 Å². The van der Waals surface area contributed by atoms with E-state index in [-0.39, 0.29) is 37.6 Å². The average molecular weight is 721 g/mol. The highest BCUT2D eigenvalue weighted by Gasteiger charge is 2.62. The fraction of sp³-hybridized carbons (Fsp3) is 0.605. The minimum atomic E-state index is -3.86. The highest BCUT2D eigenvalue weighted by atomic mass is 32.2. The van der Waals surface area contributed by atoms with Crippen molar-refractivity contribution in [2.45, 2.75) is 113 Å². The third-order valence-electron chi connectivity index (χ3n) is 11.5. The number of fused-ring (bicyclic) bond motifs is 3. The van der Waals surface area contributed by atoms with E-state index in [2.05, 4.69) is 33.7 Å². The Kier molecular flexibility index (Phi) is 10.1. The zero-order valence-corrected chi connectivity index (χ0v) is 29.8. The molecule has 3 amide bonds. The first-order chi connectivity index (χ1) is 24.6. The van der Waals surface area contributed by atoms with Gasteiger partial charge in [0.2, 0.25) is 27.7 Å². The van der Waals surface area contributed by atoms with Crippen molar-refractivity contribution >= 4 is 44.5 Å². The molecule has 13 heteroatoms. The maximum Gasteiger partial charge on any atom is 0.306 e. The predicted octanol–water partition coefficient (Wildman–Crippen LogP) is 4.11. The lowest BCUT2D eigenvalue weighted by Crippen LogP contribution is -2.57. The first-order valence-electron chi connectivity index (χ1n) is 18.6. The van der Waals surface area contributed by atoms with Crippen molar-refractivity contribution < 1.29 is 37.1 Å². The number of pyridine rings is 1. The van der Waals surface area contributed by atoms with Crippen LogP contribution < -0.4 is 14.8 Å². The normalized spacial score (nSPS) is 29.4. The van der Waals surface area contributed by atoms with Crippen LogP contribution in [0.4, 0.5) is 0 Å². The summed E-state index contributed by atoms with van der Waals surface area (Å²) < 4.78 is 39.7. The smallest absolute Gasteiger partial charge is 0.306 e. The molecule has 1 aromatic heterocycles. The molecule has 5 aliphatic rings. The molecule has 5 atom stereocenters. The first-order valence-corrected chi connectivity index (χ1v) is 20.1. The van der Waals surface area contributed by atoms with Gasteiger partial charge in [-0.3, -0.25) is 23.9 Å². The number of hydrogen-bond acceptors (Lipinski definition) is 9. The molecule has 2 aliphatic heterocycles.